The standard InChI is InChI=1S/C23H23FN2S/c1-17-12-14-19(15-13-17)16-26(18(2)20-8-4-3-5-9-20)23(27)25-22-11-7-6-10-21(22)24/h3-15,18H,16H2,1-2H3,(H,25,27)/t18-/m0/s1. The zero-order valence-corrected chi connectivity index (χ0v) is 16.3. The maximum atomic E-state index is 14.1. The van der Waals surface area contributed by atoms with Crippen LogP contribution in [-0.4, -0.2) is 10.0 Å². The molecule has 0 aliphatic rings. The minimum Gasteiger partial charge on any atom is -0.338 e. The van der Waals surface area contributed by atoms with Crippen molar-refractivity contribution in [3.63, 3.8) is 0 Å². The number of para-hydroxylation sites is 1. The molecule has 0 heterocycles. The van der Waals surface area contributed by atoms with Crippen LogP contribution < -0.4 is 5.32 Å². The van der Waals surface area contributed by atoms with Crippen LogP contribution in [0.2, 0.25) is 0 Å². The number of thiocarbonyl (C=S) groups is 1. The van der Waals surface area contributed by atoms with Crippen LogP contribution in [0.25, 0.3) is 0 Å². The monoisotopic (exact) mass is 378 g/mol. The summed E-state index contributed by atoms with van der Waals surface area (Å²) in [6.07, 6.45) is 0. The number of hydrogen-bond acceptors (Lipinski definition) is 1. The molecular weight excluding hydrogens is 355 g/mol. The van der Waals surface area contributed by atoms with Gasteiger partial charge in [-0.05, 0) is 49.3 Å². The molecular formula is C23H23FN2S. The van der Waals surface area contributed by atoms with Crippen LogP contribution in [0.4, 0.5) is 10.1 Å². The molecule has 0 aromatic heterocycles. The number of anilines is 1. The Hall–Kier alpha value is -2.72. The van der Waals surface area contributed by atoms with Gasteiger partial charge in [0.1, 0.15) is 5.82 Å². The molecule has 27 heavy (non-hydrogen) atoms. The second-order valence-electron chi connectivity index (χ2n) is 6.61. The lowest BCUT2D eigenvalue weighted by atomic mass is 10.1. The highest BCUT2D eigenvalue weighted by atomic mass is 32.1. The maximum Gasteiger partial charge on any atom is 0.174 e. The number of hydrogen-bond donors (Lipinski definition) is 1. The van der Waals surface area contributed by atoms with Gasteiger partial charge in [-0.1, -0.05) is 72.3 Å². The second-order valence-corrected chi connectivity index (χ2v) is 7.00. The summed E-state index contributed by atoms with van der Waals surface area (Å²) in [5.74, 6) is -0.317. The summed E-state index contributed by atoms with van der Waals surface area (Å²) >= 11 is 5.67. The van der Waals surface area contributed by atoms with Crippen LogP contribution in [0, 0.1) is 12.7 Å². The van der Waals surface area contributed by atoms with Crippen molar-refractivity contribution in [2.45, 2.75) is 26.4 Å². The van der Waals surface area contributed by atoms with E-state index >= 15 is 0 Å². The molecule has 0 saturated heterocycles. The van der Waals surface area contributed by atoms with Gasteiger partial charge in [0.15, 0.2) is 5.11 Å². The Morgan fingerprint density at radius 3 is 2.26 bits per heavy atom. The third-order valence-corrected chi connectivity index (χ3v) is 4.94. The first-order valence-electron chi connectivity index (χ1n) is 8.97. The fourth-order valence-electron chi connectivity index (χ4n) is 2.94. The van der Waals surface area contributed by atoms with Crippen molar-refractivity contribution in [1.29, 1.82) is 0 Å². The Labute approximate surface area is 165 Å². The fraction of sp³-hybridized carbons (Fsp3) is 0.174. The van der Waals surface area contributed by atoms with Gasteiger partial charge in [0.25, 0.3) is 0 Å². The Morgan fingerprint density at radius 2 is 1.59 bits per heavy atom. The lowest BCUT2D eigenvalue weighted by molar-refractivity contribution is 0.334. The minimum absolute atomic E-state index is 0.0410. The Bertz CT molecular complexity index is 894. The molecule has 1 N–H and O–H groups in total. The van der Waals surface area contributed by atoms with Gasteiger partial charge in [-0.3, -0.25) is 0 Å². The van der Waals surface area contributed by atoms with E-state index in [1.54, 1.807) is 18.2 Å². The summed E-state index contributed by atoms with van der Waals surface area (Å²) in [5, 5.41) is 3.57. The Morgan fingerprint density at radius 1 is 0.963 bits per heavy atom. The smallest absolute Gasteiger partial charge is 0.174 e. The third-order valence-electron chi connectivity index (χ3n) is 4.60. The second kappa shape index (κ2) is 8.78. The Kier molecular flexibility index (Phi) is 6.20. The number of aryl methyl sites for hydroxylation is 1. The van der Waals surface area contributed by atoms with Gasteiger partial charge in [0.05, 0.1) is 11.7 Å². The topological polar surface area (TPSA) is 15.3 Å². The van der Waals surface area contributed by atoms with Gasteiger partial charge < -0.3 is 10.2 Å². The van der Waals surface area contributed by atoms with Crippen molar-refractivity contribution in [3.05, 3.63) is 101 Å². The number of nitrogens with zero attached hydrogens (tertiary/aromatic N) is 1. The molecule has 138 valence electrons. The normalized spacial score (nSPS) is 11.7. The average molecular weight is 379 g/mol. The van der Waals surface area contributed by atoms with Gasteiger partial charge >= 0.3 is 0 Å². The largest absolute Gasteiger partial charge is 0.338 e. The van der Waals surface area contributed by atoms with E-state index in [0.717, 1.165) is 11.1 Å². The highest BCUT2D eigenvalue weighted by Gasteiger charge is 2.20. The summed E-state index contributed by atoms with van der Waals surface area (Å²) in [7, 11) is 0. The van der Waals surface area contributed by atoms with E-state index in [1.807, 2.05) is 18.2 Å². The van der Waals surface area contributed by atoms with Crippen molar-refractivity contribution in [2.24, 2.45) is 0 Å². The minimum atomic E-state index is -0.317. The zero-order chi connectivity index (χ0) is 19.2. The molecule has 2 nitrogen and oxygen atoms in total. The first-order valence-corrected chi connectivity index (χ1v) is 9.38. The first kappa shape index (κ1) is 19.1. The van der Waals surface area contributed by atoms with E-state index in [4.69, 9.17) is 12.2 Å². The van der Waals surface area contributed by atoms with E-state index in [2.05, 4.69) is 60.5 Å². The van der Waals surface area contributed by atoms with Crippen LogP contribution in [0.3, 0.4) is 0 Å². The Balaban J connectivity index is 1.87. The SMILES string of the molecule is Cc1ccc(CN(C(=S)Nc2ccccc2F)[C@@H](C)c2ccccc2)cc1. The molecule has 0 spiro atoms. The average Bonchev–Trinajstić information content (AvgIpc) is 2.69. The number of nitrogens with one attached hydrogen (secondary N) is 1. The van der Waals surface area contributed by atoms with E-state index < -0.39 is 0 Å². The number of halogens is 1. The van der Waals surface area contributed by atoms with Crippen LogP contribution in [0.5, 0.6) is 0 Å². The summed E-state index contributed by atoms with van der Waals surface area (Å²) in [6, 6.07) is 25.2. The molecule has 3 aromatic rings. The predicted octanol–water partition coefficient (Wildman–Crippen LogP) is 6.09. The molecule has 0 bridgehead atoms. The molecule has 0 aliphatic heterocycles. The van der Waals surface area contributed by atoms with Crippen LogP contribution in [0.15, 0.2) is 78.9 Å². The maximum absolute atomic E-state index is 14.1. The van der Waals surface area contributed by atoms with Crippen LogP contribution in [-0.2, 0) is 6.54 Å². The predicted molar refractivity (Wildman–Crippen MR) is 114 cm³/mol. The summed E-state index contributed by atoms with van der Waals surface area (Å²) in [5.41, 5.74) is 3.91. The summed E-state index contributed by atoms with van der Waals surface area (Å²) in [4.78, 5) is 2.09. The van der Waals surface area contributed by atoms with Crippen LogP contribution >= 0.6 is 12.2 Å². The zero-order valence-electron chi connectivity index (χ0n) is 15.5. The molecule has 3 rings (SSSR count). The van der Waals surface area contributed by atoms with Gasteiger partial charge in [-0.2, -0.15) is 0 Å². The van der Waals surface area contributed by atoms with Crippen LogP contribution in [0.1, 0.15) is 29.7 Å². The van der Waals surface area contributed by atoms with Gasteiger partial charge in [0, 0.05) is 6.54 Å². The molecule has 1 atom stereocenters. The number of benzene rings is 3. The van der Waals surface area contributed by atoms with E-state index in [-0.39, 0.29) is 11.9 Å². The lowest BCUT2D eigenvalue weighted by Gasteiger charge is -2.32. The highest BCUT2D eigenvalue weighted by molar-refractivity contribution is 7.80. The number of rotatable bonds is 5. The van der Waals surface area contributed by atoms with Crippen molar-refractivity contribution in [2.75, 3.05) is 5.32 Å². The molecule has 3 aromatic carbocycles. The lowest BCUT2D eigenvalue weighted by Crippen LogP contribution is -2.36. The van der Waals surface area contributed by atoms with Crippen molar-refractivity contribution < 1.29 is 4.39 Å². The fourth-order valence-corrected chi connectivity index (χ4v) is 3.27. The summed E-state index contributed by atoms with van der Waals surface area (Å²) < 4.78 is 14.1. The highest BCUT2D eigenvalue weighted by Crippen LogP contribution is 2.24. The van der Waals surface area contributed by atoms with Gasteiger partial charge in [-0.15, -0.1) is 0 Å². The molecule has 0 amide bonds. The molecule has 0 aliphatic carbocycles. The molecule has 0 unspecified atom stereocenters. The van der Waals surface area contributed by atoms with Crippen molar-refractivity contribution in [1.82, 2.24) is 4.90 Å². The summed E-state index contributed by atoms with van der Waals surface area (Å²) in [6.45, 7) is 4.81. The molecule has 0 fully saturated rings. The van der Waals surface area contributed by atoms with Gasteiger partial charge in [-0.25, -0.2) is 4.39 Å². The molecule has 4 heteroatoms. The quantitative estimate of drug-likeness (QED) is 0.541. The third kappa shape index (κ3) is 4.92. The van der Waals surface area contributed by atoms with E-state index in [0.29, 0.717) is 17.3 Å². The van der Waals surface area contributed by atoms with Gasteiger partial charge in [0.2, 0.25) is 0 Å². The van der Waals surface area contributed by atoms with E-state index in [9.17, 15) is 4.39 Å². The van der Waals surface area contributed by atoms with E-state index in [1.165, 1.54) is 11.6 Å². The molecule has 0 saturated carbocycles. The van der Waals surface area contributed by atoms with Crippen molar-refractivity contribution >= 4 is 23.0 Å². The molecule has 0 radical (unpaired) electrons. The first-order chi connectivity index (χ1) is 13.0. The van der Waals surface area contributed by atoms with Crippen molar-refractivity contribution in [3.8, 4) is 0 Å².